The number of hydrogen-bond donors (Lipinski definition) is 2. The zero-order valence-corrected chi connectivity index (χ0v) is 17.8. The van der Waals surface area contributed by atoms with Gasteiger partial charge in [0.1, 0.15) is 23.5 Å². The molecule has 3 aliphatic heterocycles. The highest BCUT2D eigenvalue weighted by molar-refractivity contribution is 5.99. The van der Waals surface area contributed by atoms with E-state index in [9.17, 15) is 4.79 Å². The van der Waals surface area contributed by atoms with Gasteiger partial charge in [-0.3, -0.25) is 4.79 Å². The van der Waals surface area contributed by atoms with E-state index in [1.54, 1.807) is 5.01 Å². The summed E-state index contributed by atoms with van der Waals surface area (Å²) in [4.78, 5) is 30.0. The van der Waals surface area contributed by atoms with E-state index in [1.807, 2.05) is 24.1 Å². The van der Waals surface area contributed by atoms with Crippen LogP contribution < -0.4 is 11.5 Å². The number of carbonyl (C=O) groups is 1. The van der Waals surface area contributed by atoms with Gasteiger partial charge in [0.15, 0.2) is 5.82 Å². The second kappa shape index (κ2) is 8.84. The number of hydrogen-bond acceptors (Lipinski definition) is 9. The monoisotopic (exact) mass is 423 g/mol. The zero-order valence-electron chi connectivity index (χ0n) is 17.8. The van der Waals surface area contributed by atoms with Crippen molar-refractivity contribution in [3.63, 3.8) is 0 Å². The lowest BCUT2D eigenvalue weighted by atomic mass is 10.0. The predicted molar refractivity (Wildman–Crippen MR) is 120 cm³/mol. The maximum atomic E-state index is 13.2. The Hall–Kier alpha value is -3.27. The standard InChI is InChI=1S/C21H29N9O/c1-14-11-30(24-2)18(27-20(14)28-8-6-15(22)12-28)9-16-5-3-4-7-29(16)21(31)17-10-25-13-26-19(17)23/h9-11,13,15-16H,2-8,12,22H2,1H3,(H2,23,25,26)/b18-9-/t15-,16?/m0/s1. The van der Waals surface area contributed by atoms with Crippen molar-refractivity contribution in [3.8, 4) is 0 Å². The summed E-state index contributed by atoms with van der Waals surface area (Å²) in [6.07, 6.45) is 10.5. The molecular formula is C21H29N9O. The van der Waals surface area contributed by atoms with Crippen molar-refractivity contribution in [2.75, 3.05) is 25.4 Å². The lowest BCUT2D eigenvalue weighted by molar-refractivity contribution is 0.0662. The molecule has 1 unspecified atom stereocenters. The minimum absolute atomic E-state index is 0.141. The van der Waals surface area contributed by atoms with Crippen LogP contribution in [0.5, 0.6) is 0 Å². The number of nitrogen functional groups attached to an aromatic ring is 1. The molecule has 1 amide bonds. The summed E-state index contributed by atoms with van der Waals surface area (Å²) in [6, 6.07) is 0.0150. The zero-order chi connectivity index (χ0) is 22.0. The molecule has 10 nitrogen and oxygen atoms in total. The Morgan fingerprint density at radius 3 is 2.87 bits per heavy atom. The Balaban J connectivity index is 1.65. The number of rotatable bonds is 3. The van der Waals surface area contributed by atoms with Crippen molar-refractivity contribution in [3.05, 3.63) is 41.8 Å². The van der Waals surface area contributed by atoms with Gasteiger partial charge in [0, 0.05) is 50.4 Å². The molecule has 164 valence electrons. The summed E-state index contributed by atoms with van der Waals surface area (Å²) in [6.45, 7) is 7.98. The quantitative estimate of drug-likeness (QED) is 0.698. The van der Waals surface area contributed by atoms with Crippen molar-refractivity contribution in [1.82, 2.24) is 24.8 Å². The maximum absolute atomic E-state index is 13.2. The SMILES string of the molecule is C=NN1C=C(C)C(N2CC[C@H](N)C2)=N/C1=C/C1CCCCN1C(=O)c1cncnc1N. The van der Waals surface area contributed by atoms with Gasteiger partial charge in [-0.2, -0.15) is 5.10 Å². The topological polar surface area (TPSA) is 129 Å². The van der Waals surface area contributed by atoms with Crippen LogP contribution in [0.2, 0.25) is 0 Å². The Bertz CT molecular complexity index is 954. The Labute approximate surface area is 182 Å². The van der Waals surface area contributed by atoms with Crippen LogP contribution in [0.3, 0.4) is 0 Å². The first-order chi connectivity index (χ1) is 15.0. The number of anilines is 1. The molecule has 0 bridgehead atoms. The number of nitrogens with zero attached hydrogens (tertiary/aromatic N) is 7. The van der Waals surface area contributed by atoms with Crippen molar-refractivity contribution in [1.29, 1.82) is 0 Å². The third-order valence-electron chi connectivity index (χ3n) is 5.93. The molecule has 4 heterocycles. The summed E-state index contributed by atoms with van der Waals surface area (Å²) in [7, 11) is 0. The van der Waals surface area contributed by atoms with Crippen LogP contribution in [-0.2, 0) is 0 Å². The van der Waals surface area contributed by atoms with Crippen LogP contribution in [0.1, 0.15) is 43.0 Å². The first-order valence-electron chi connectivity index (χ1n) is 10.6. The van der Waals surface area contributed by atoms with Gasteiger partial charge in [-0.1, -0.05) is 0 Å². The molecule has 1 aromatic rings. The van der Waals surface area contributed by atoms with E-state index in [1.165, 1.54) is 12.5 Å². The molecule has 10 heteroatoms. The molecule has 0 radical (unpaired) electrons. The molecule has 2 fully saturated rings. The van der Waals surface area contributed by atoms with Crippen molar-refractivity contribution >= 4 is 24.3 Å². The number of nitrogens with two attached hydrogens (primary N) is 2. The van der Waals surface area contributed by atoms with Gasteiger partial charge in [0.2, 0.25) is 0 Å². The maximum Gasteiger partial charge on any atom is 0.259 e. The van der Waals surface area contributed by atoms with Gasteiger partial charge in [-0.25, -0.2) is 20.0 Å². The van der Waals surface area contributed by atoms with Crippen LogP contribution in [0.15, 0.2) is 46.3 Å². The Morgan fingerprint density at radius 2 is 2.16 bits per heavy atom. The number of amides is 1. The van der Waals surface area contributed by atoms with Gasteiger partial charge >= 0.3 is 0 Å². The lowest BCUT2D eigenvalue weighted by Crippen LogP contribution is -2.43. The van der Waals surface area contributed by atoms with Gasteiger partial charge in [0.25, 0.3) is 5.91 Å². The van der Waals surface area contributed by atoms with Gasteiger partial charge in [0.05, 0.1) is 6.04 Å². The van der Waals surface area contributed by atoms with Crippen LogP contribution >= 0.6 is 0 Å². The molecular weight excluding hydrogens is 394 g/mol. The van der Waals surface area contributed by atoms with E-state index in [0.717, 1.165) is 50.2 Å². The fourth-order valence-corrected chi connectivity index (χ4v) is 4.30. The first kappa shape index (κ1) is 21.0. The number of aromatic nitrogens is 2. The number of piperidine rings is 1. The largest absolute Gasteiger partial charge is 0.383 e. The smallest absolute Gasteiger partial charge is 0.259 e. The fourth-order valence-electron chi connectivity index (χ4n) is 4.30. The van der Waals surface area contributed by atoms with Crippen molar-refractivity contribution in [2.45, 2.75) is 44.7 Å². The fraction of sp³-hybridized carbons (Fsp3) is 0.476. The van der Waals surface area contributed by atoms with Crippen molar-refractivity contribution < 1.29 is 4.79 Å². The highest BCUT2D eigenvalue weighted by Crippen LogP contribution is 2.27. The second-order valence-electron chi connectivity index (χ2n) is 8.14. The average Bonchev–Trinajstić information content (AvgIpc) is 3.21. The normalized spacial score (nSPS) is 25.5. The molecule has 4 N–H and O–H groups in total. The van der Waals surface area contributed by atoms with Crippen LogP contribution in [0.4, 0.5) is 5.82 Å². The third-order valence-corrected chi connectivity index (χ3v) is 5.93. The highest BCUT2D eigenvalue weighted by atomic mass is 16.2. The molecule has 1 aromatic heterocycles. The van der Waals surface area contributed by atoms with Crippen LogP contribution in [0, 0.1) is 0 Å². The molecule has 0 aromatic carbocycles. The molecule has 3 aliphatic rings. The van der Waals surface area contributed by atoms with E-state index >= 15 is 0 Å². The number of hydrazone groups is 1. The molecule has 31 heavy (non-hydrogen) atoms. The summed E-state index contributed by atoms with van der Waals surface area (Å²) in [5, 5.41) is 5.77. The summed E-state index contributed by atoms with van der Waals surface area (Å²) in [5.41, 5.74) is 13.3. The average molecular weight is 424 g/mol. The first-order valence-corrected chi connectivity index (χ1v) is 10.6. The summed E-state index contributed by atoms with van der Waals surface area (Å²) >= 11 is 0. The van der Waals surface area contributed by atoms with E-state index in [-0.39, 0.29) is 23.8 Å². The molecule has 2 atom stereocenters. The number of aliphatic imine (C=N–C) groups is 1. The predicted octanol–water partition coefficient (Wildman–Crippen LogP) is 1.16. The van der Waals surface area contributed by atoms with E-state index < -0.39 is 0 Å². The van der Waals surface area contributed by atoms with E-state index in [2.05, 4.69) is 26.7 Å². The summed E-state index contributed by atoms with van der Waals surface area (Å²) in [5.74, 6) is 1.56. The Kier molecular flexibility index (Phi) is 5.99. The van der Waals surface area contributed by atoms with Gasteiger partial charge < -0.3 is 21.3 Å². The molecule has 2 saturated heterocycles. The van der Waals surface area contributed by atoms with Crippen molar-refractivity contribution in [2.24, 2.45) is 15.8 Å². The van der Waals surface area contributed by atoms with E-state index in [4.69, 9.17) is 16.5 Å². The molecule has 0 saturated carbocycles. The van der Waals surface area contributed by atoms with E-state index in [0.29, 0.717) is 17.9 Å². The minimum Gasteiger partial charge on any atom is -0.383 e. The molecule has 4 rings (SSSR count). The lowest BCUT2D eigenvalue weighted by Gasteiger charge is -2.35. The number of carbonyl (C=O) groups excluding carboxylic acids is 1. The third kappa shape index (κ3) is 4.29. The number of amidine groups is 1. The molecule has 0 spiro atoms. The summed E-state index contributed by atoms with van der Waals surface area (Å²) < 4.78 is 0. The Morgan fingerprint density at radius 1 is 1.32 bits per heavy atom. The molecule has 0 aliphatic carbocycles. The van der Waals surface area contributed by atoms with Crippen LogP contribution in [-0.4, -0.2) is 75.0 Å². The van der Waals surface area contributed by atoms with Gasteiger partial charge in [-0.05, 0) is 38.7 Å². The minimum atomic E-state index is -0.171. The van der Waals surface area contributed by atoms with Gasteiger partial charge in [-0.15, -0.1) is 0 Å². The second-order valence-corrected chi connectivity index (χ2v) is 8.14. The van der Waals surface area contributed by atoms with Crippen LogP contribution in [0.25, 0.3) is 0 Å². The highest BCUT2D eigenvalue weighted by Gasteiger charge is 2.31. The number of likely N-dealkylation sites (tertiary alicyclic amines) is 2.